The summed E-state index contributed by atoms with van der Waals surface area (Å²) in [4.78, 5) is 45.0. The molecule has 1 unspecified atom stereocenters. The first-order valence-corrected chi connectivity index (χ1v) is 12.5. The molecule has 10 heteroatoms. The number of ether oxygens (including phenoxy) is 2. The predicted molar refractivity (Wildman–Crippen MR) is 141 cm³/mol. The van der Waals surface area contributed by atoms with Crippen LogP contribution in [0.1, 0.15) is 39.5 Å². The number of rotatable bonds is 8. The van der Waals surface area contributed by atoms with Crippen molar-refractivity contribution in [3.8, 4) is 5.75 Å². The maximum Gasteiger partial charge on any atom is 0.350 e. The highest BCUT2D eigenvalue weighted by molar-refractivity contribution is 7.17. The highest BCUT2D eigenvalue weighted by atomic mass is 35.5. The second kappa shape index (κ2) is 11.0. The minimum atomic E-state index is -1.02. The number of ketones is 1. The van der Waals surface area contributed by atoms with Crippen LogP contribution in [0.15, 0.2) is 66.8 Å². The Morgan fingerprint density at radius 3 is 2.65 bits per heavy atom. The third-order valence-electron chi connectivity index (χ3n) is 5.56. The minimum Gasteiger partial charge on any atom is -0.507 e. The average molecular weight is 539 g/mol. The Labute approximate surface area is 222 Å². The lowest BCUT2D eigenvalue weighted by molar-refractivity contribution is -0.132. The van der Waals surface area contributed by atoms with Crippen molar-refractivity contribution in [2.24, 2.45) is 0 Å². The summed E-state index contributed by atoms with van der Waals surface area (Å²) in [5.41, 5.74) is 1.06. The lowest BCUT2D eigenvalue weighted by Crippen LogP contribution is -2.29. The first kappa shape index (κ1) is 26.1. The number of aliphatic hydroxyl groups excluding tert-OH is 1. The van der Waals surface area contributed by atoms with Crippen LogP contribution in [-0.2, 0) is 14.3 Å². The van der Waals surface area contributed by atoms with Crippen LogP contribution in [0.2, 0.25) is 5.02 Å². The van der Waals surface area contributed by atoms with Crippen molar-refractivity contribution in [2.75, 3.05) is 18.1 Å². The molecule has 2 heterocycles. The zero-order chi connectivity index (χ0) is 26.7. The van der Waals surface area contributed by atoms with E-state index in [0.717, 1.165) is 11.3 Å². The molecule has 4 rings (SSSR count). The molecule has 0 bridgehead atoms. The maximum absolute atomic E-state index is 13.4. The minimum absolute atomic E-state index is 0.0155. The van der Waals surface area contributed by atoms with Crippen LogP contribution in [0, 0.1) is 6.92 Å². The summed E-state index contributed by atoms with van der Waals surface area (Å²) in [6, 6.07) is 12.2. The summed E-state index contributed by atoms with van der Waals surface area (Å²) in [6.07, 6.45) is 1.44. The van der Waals surface area contributed by atoms with E-state index in [-0.39, 0.29) is 27.9 Å². The van der Waals surface area contributed by atoms with Crippen LogP contribution in [0.5, 0.6) is 5.75 Å². The number of esters is 1. The Balaban J connectivity index is 1.87. The number of carbonyl (C=O) groups is 3. The predicted octanol–water partition coefficient (Wildman–Crippen LogP) is 5.47. The van der Waals surface area contributed by atoms with Crippen LogP contribution in [0.3, 0.4) is 0 Å². The molecule has 0 radical (unpaired) electrons. The number of thiazole rings is 1. The van der Waals surface area contributed by atoms with Crippen molar-refractivity contribution >= 4 is 51.5 Å². The van der Waals surface area contributed by atoms with Gasteiger partial charge in [0.1, 0.15) is 23.0 Å². The molecule has 1 aromatic heterocycles. The molecule has 2 aromatic carbocycles. The number of carbonyl (C=O) groups excluding carboxylic acids is 3. The Kier molecular flexibility index (Phi) is 7.75. The van der Waals surface area contributed by atoms with Gasteiger partial charge in [0.25, 0.3) is 5.78 Å². The lowest BCUT2D eigenvalue weighted by Gasteiger charge is -2.23. The highest BCUT2D eigenvalue weighted by Crippen LogP contribution is 2.44. The largest absolute Gasteiger partial charge is 0.507 e. The summed E-state index contributed by atoms with van der Waals surface area (Å²) in [7, 11) is 0. The fourth-order valence-corrected chi connectivity index (χ4v) is 5.03. The second-order valence-electron chi connectivity index (χ2n) is 7.98. The number of nitrogens with zero attached hydrogens (tertiary/aromatic N) is 2. The topological polar surface area (TPSA) is 106 Å². The van der Waals surface area contributed by atoms with Crippen LogP contribution in [0.25, 0.3) is 5.76 Å². The third kappa shape index (κ3) is 5.14. The van der Waals surface area contributed by atoms with Gasteiger partial charge in [0.2, 0.25) is 0 Å². The zero-order valence-corrected chi connectivity index (χ0v) is 21.6. The first-order chi connectivity index (χ1) is 17.8. The number of aryl methyl sites for hydroxylation is 1. The van der Waals surface area contributed by atoms with Crippen LogP contribution < -0.4 is 9.64 Å². The van der Waals surface area contributed by atoms with Crippen molar-refractivity contribution in [3.05, 3.63) is 93.5 Å². The summed E-state index contributed by atoms with van der Waals surface area (Å²) in [6.45, 7) is 7.40. The van der Waals surface area contributed by atoms with E-state index in [0.29, 0.717) is 34.2 Å². The average Bonchev–Trinajstić information content (AvgIpc) is 3.39. The number of hydrogen-bond donors (Lipinski definition) is 1. The van der Waals surface area contributed by atoms with Gasteiger partial charge in [-0.2, -0.15) is 0 Å². The lowest BCUT2D eigenvalue weighted by atomic mass is 9.95. The fraction of sp³-hybridized carbons (Fsp3) is 0.185. The number of halogens is 1. The SMILES string of the molecule is C=CCOC(=O)c1sc(N2C(=O)C(=O)C(=C(O)c3cccc(OCC)c3)C2c2ccc(Cl)cc2)nc1C. The van der Waals surface area contributed by atoms with E-state index in [1.54, 1.807) is 55.5 Å². The summed E-state index contributed by atoms with van der Waals surface area (Å²) >= 11 is 7.00. The number of amides is 1. The monoisotopic (exact) mass is 538 g/mol. The molecule has 1 N–H and O–H groups in total. The van der Waals surface area contributed by atoms with Gasteiger partial charge in [-0.25, -0.2) is 9.78 Å². The molecule has 3 aromatic rings. The molecule has 1 saturated heterocycles. The molecule has 1 amide bonds. The Bertz CT molecular complexity index is 1410. The van der Waals surface area contributed by atoms with Crippen LogP contribution in [-0.4, -0.2) is 41.0 Å². The molecule has 1 aliphatic rings. The number of anilines is 1. The Morgan fingerprint density at radius 2 is 1.97 bits per heavy atom. The number of Topliss-reactive ketones (excluding diaryl/α,β-unsaturated/α-hetero) is 1. The number of benzene rings is 2. The van der Waals surface area contributed by atoms with Gasteiger partial charge < -0.3 is 14.6 Å². The molecular weight excluding hydrogens is 516 g/mol. The first-order valence-electron chi connectivity index (χ1n) is 11.3. The molecule has 1 aliphatic heterocycles. The van der Waals surface area contributed by atoms with E-state index < -0.39 is 23.7 Å². The smallest absolute Gasteiger partial charge is 0.350 e. The third-order valence-corrected chi connectivity index (χ3v) is 6.95. The molecule has 8 nitrogen and oxygen atoms in total. The summed E-state index contributed by atoms with van der Waals surface area (Å²) in [5, 5.41) is 11.9. The standard InChI is InChI=1S/C27H23ClN2O6S/c1-4-13-36-26(34)24-15(3)29-27(37-24)30-21(16-9-11-18(28)12-10-16)20(23(32)25(30)33)22(31)17-7-6-8-19(14-17)35-5-2/h4,6-12,14,21,31H,1,5,13H2,2-3H3. The van der Waals surface area contributed by atoms with Crippen LogP contribution >= 0.6 is 22.9 Å². The molecule has 0 aliphatic carbocycles. The number of aromatic nitrogens is 1. The van der Waals surface area contributed by atoms with E-state index in [2.05, 4.69) is 11.6 Å². The fourth-order valence-electron chi connectivity index (χ4n) is 3.92. The molecule has 0 spiro atoms. The van der Waals surface area contributed by atoms with E-state index >= 15 is 0 Å². The molecule has 1 fully saturated rings. The molecular formula is C27H23ClN2O6S. The van der Waals surface area contributed by atoms with Gasteiger partial charge in [0.15, 0.2) is 5.13 Å². The normalized spacial score (nSPS) is 16.6. The summed E-state index contributed by atoms with van der Waals surface area (Å²) in [5.74, 6) is -2.25. The van der Waals surface area contributed by atoms with Gasteiger partial charge in [-0.3, -0.25) is 14.5 Å². The second-order valence-corrected chi connectivity index (χ2v) is 9.39. The number of hydrogen-bond acceptors (Lipinski definition) is 8. The number of aliphatic hydroxyl groups is 1. The van der Waals surface area contributed by atoms with E-state index in [1.807, 2.05) is 6.92 Å². The van der Waals surface area contributed by atoms with Gasteiger partial charge in [-0.05, 0) is 43.7 Å². The van der Waals surface area contributed by atoms with Gasteiger partial charge in [0.05, 0.1) is 23.9 Å². The molecule has 1 atom stereocenters. The van der Waals surface area contributed by atoms with Crippen molar-refractivity contribution < 1.29 is 29.0 Å². The Morgan fingerprint density at radius 1 is 1.24 bits per heavy atom. The van der Waals surface area contributed by atoms with Crippen molar-refractivity contribution in [2.45, 2.75) is 19.9 Å². The van der Waals surface area contributed by atoms with E-state index in [1.165, 1.54) is 11.0 Å². The van der Waals surface area contributed by atoms with Gasteiger partial charge in [-0.15, -0.1) is 0 Å². The summed E-state index contributed by atoms with van der Waals surface area (Å²) < 4.78 is 10.6. The van der Waals surface area contributed by atoms with Gasteiger partial charge in [0, 0.05) is 10.6 Å². The van der Waals surface area contributed by atoms with E-state index in [4.69, 9.17) is 21.1 Å². The quantitative estimate of drug-likeness (QED) is 0.133. The Hall–Kier alpha value is -3.95. The molecule has 37 heavy (non-hydrogen) atoms. The van der Waals surface area contributed by atoms with E-state index in [9.17, 15) is 19.5 Å². The zero-order valence-electron chi connectivity index (χ0n) is 20.1. The van der Waals surface area contributed by atoms with Crippen molar-refractivity contribution in [1.29, 1.82) is 0 Å². The van der Waals surface area contributed by atoms with Gasteiger partial charge in [-0.1, -0.05) is 59.9 Å². The molecule has 0 saturated carbocycles. The molecule has 190 valence electrons. The highest BCUT2D eigenvalue weighted by Gasteiger charge is 2.48. The van der Waals surface area contributed by atoms with Gasteiger partial charge >= 0.3 is 11.9 Å². The van der Waals surface area contributed by atoms with Crippen molar-refractivity contribution in [3.63, 3.8) is 0 Å². The maximum atomic E-state index is 13.4. The van der Waals surface area contributed by atoms with Crippen LogP contribution in [0.4, 0.5) is 5.13 Å². The van der Waals surface area contributed by atoms with Crippen molar-refractivity contribution in [1.82, 2.24) is 4.98 Å².